The molecule has 1 rings (SSSR count). The largest absolute Gasteiger partial charge is 0.377 e. The van der Waals surface area contributed by atoms with Gasteiger partial charge in [0.25, 0.3) is 0 Å². The van der Waals surface area contributed by atoms with Crippen molar-refractivity contribution in [2.45, 2.75) is 46.3 Å². The number of ether oxygens (including phenoxy) is 1. The van der Waals surface area contributed by atoms with Crippen LogP contribution in [-0.4, -0.2) is 49.8 Å². The highest BCUT2D eigenvalue weighted by Gasteiger charge is 2.23. The fourth-order valence-electron chi connectivity index (χ4n) is 2.30. The van der Waals surface area contributed by atoms with E-state index in [1.54, 1.807) is 0 Å². The van der Waals surface area contributed by atoms with Gasteiger partial charge in [-0.05, 0) is 39.3 Å². The van der Waals surface area contributed by atoms with Crippen molar-refractivity contribution in [2.24, 2.45) is 5.92 Å². The lowest BCUT2D eigenvalue weighted by Gasteiger charge is -2.33. The van der Waals surface area contributed by atoms with E-state index in [0.717, 1.165) is 26.2 Å². The molecule has 0 amide bonds. The Bertz CT molecular complexity index is 187. The topological polar surface area (TPSA) is 24.5 Å². The van der Waals surface area contributed by atoms with Gasteiger partial charge in [0.1, 0.15) is 0 Å². The first kappa shape index (κ1) is 13.9. The van der Waals surface area contributed by atoms with Crippen molar-refractivity contribution in [1.82, 2.24) is 10.2 Å². The highest BCUT2D eigenvalue weighted by atomic mass is 16.5. The molecular weight excluding hydrogens is 200 g/mol. The molecule has 1 aliphatic rings. The number of hydrogen-bond donors (Lipinski definition) is 1. The molecule has 1 fully saturated rings. The Morgan fingerprint density at radius 2 is 2.19 bits per heavy atom. The Morgan fingerprint density at radius 1 is 1.44 bits per heavy atom. The van der Waals surface area contributed by atoms with Gasteiger partial charge >= 0.3 is 0 Å². The van der Waals surface area contributed by atoms with E-state index in [0.29, 0.717) is 18.1 Å². The fraction of sp³-hybridized carbons (Fsp3) is 1.00. The maximum absolute atomic E-state index is 5.69. The summed E-state index contributed by atoms with van der Waals surface area (Å²) in [7, 11) is 0. The molecule has 0 aromatic carbocycles. The van der Waals surface area contributed by atoms with Crippen molar-refractivity contribution in [3.05, 3.63) is 0 Å². The van der Waals surface area contributed by atoms with Crippen molar-refractivity contribution in [2.75, 3.05) is 32.8 Å². The van der Waals surface area contributed by atoms with E-state index in [2.05, 4.69) is 37.9 Å². The normalized spacial score (nSPS) is 27.4. The van der Waals surface area contributed by atoms with Crippen LogP contribution in [0.2, 0.25) is 0 Å². The second kappa shape index (κ2) is 7.25. The molecule has 0 spiro atoms. The Labute approximate surface area is 101 Å². The molecule has 0 aliphatic carbocycles. The monoisotopic (exact) mass is 228 g/mol. The molecule has 1 aliphatic heterocycles. The molecule has 1 saturated heterocycles. The molecule has 3 unspecified atom stereocenters. The van der Waals surface area contributed by atoms with Crippen LogP contribution in [0, 0.1) is 5.92 Å². The molecule has 0 aromatic rings. The predicted molar refractivity (Wildman–Crippen MR) is 68.8 cm³/mol. The first-order valence-corrected chi connectivity index (χ1v) is 6.71. The third-order valence-corrected chi connectivity index (χ3v) is 3.60. The lowest BCUT2D eigenvalue weighted by Crippen LogP contribution is -2.43. The van der Waals surface area contributed by atoms with Crippen molar-refractivity contribution < 1.29 is 4.74 Å². The summed E-state index contributed by atoms with van der Waals surface area (Å²) in [5.74, 6) is 0.699. The zero-order valence-electron chi connectivity index (χ0n) is 11.3. The predicted octanol–water partition coefficient (Wildman–Crippen LogP) is 1.73. The summed E-state index contributed by atoms with van der Waals surface area (Å²) < 4.78 is 5.69. The summed E-state index contributed by atoms with van der Waals surface area (Å²) in [4.78, 5) is 2.58. The van der Waals surface area contributed by atoms with Crippen LogP contribution in [0.1, 0.15) is 34.1 Å². The van der Waals surface area contributed by atoms with E-state index in [1.807, 2.05) is 0 Å². The van der Waals surface area contributed by atoms with Gasteiger partial charge in [0, 0.05) is 25.7 Å². The van der Waals surface area contributed by atoms with Gasteiger partial charge in [-0.15, -0.1) is 0 Å². The first-order valence-electron chi connectivity index (χ1n) is 6.71. The van der Waals surface area contributed by atoms with Gasteiger partial charge in [-0.2, -0.15) is 0 Å². The Hall–Kier alpha value is -0.120. The average molecular weight is 228 g/mol. The van der Waals surface area contributed by atoms with Crippen LogP contribution in [-0.2, 0) is 4.74 Å². The molecule has 0 aromatic heterocycles. The lowest BCUT2D eigenvalue weighted by molar-refractivity contribution is 0.0567. The average Bonchev–Trinajstić information content (AvgIpc) is 2.49. The lowest BCUT2D eigenvalue weighted by atomic mass is 10.0. The molecular formula is C13H28N2O. The second-order valence-corrected chi connectivity index (χ2v) is 5.06. The molecule has 3 heteroatoms. The van der Waals surface area contributed by atoms with Gasteiger partial charge < -0.3 is 10.1 Å². The number of nitrogens with one attached hydrogen (secondary N) is 1. The minimum atomic E-state index is 0.385. The van der Waals surface area contributed by atoms with Gasteiger partial charge in [-0.3, -0.25) is 4.90 Å². The number of nitrogens with zero attached hydrogens (tertiary/aromatic N) is 1. The Kier molecular flexibility index (Phi) is 6.32. The summed E-state index contributed by atoms with van der Waals surface area (Å²) in [6.45, 7) is 14.4. The van der Waals surface area contributed by atoms with E-state index in [4.69, 9.17) is 4.74 Å². The van der Waals surface area contributed by atoms with Gasteiger partial charge in [0.2, 0.25) is 0 Å². The summed E-state index contributed by atoms with van der Waals surface area (Å²) in [5, 5.41) is 3.44. The zero-order chi connectivity index (χ0) is 12.0. The Morgan fingerprint density at radius 3 is 2.88 bits per heavy atom. The zero-order valence-corrected chi connectivity index (χ0v) is 11.3. The van der Waals surface area contributed by atoms with Crippen LogP contribution in [0.15, 0.2) is 0 Å². The summed E-state index contributed by atoms with van der Waals surface area (Å²) in [5.41, 5.74) is 0. The minimum absolute atomic E-state index is 0.385. The van der Waals surface area contributed by atoms with Crippen molar-refractivity contribution in [3.63, 3.8) is 0 Å². The highest BCUT2D eigenvalue weighted by molar-refractivity contribution is 4.77. The van der Waals surface area contributed by atoms with Crippen molar-refractivity contribution >= 4 is 0 Å². The quantitative estimate of drug-likeness (QED) is 0.775. The van der Waals surface area contributed by atoms with Gasteiger partial charge in [-0.1, -0.05) is 13.8 Å². The van der Waals surface area contributed by atoms with Gasteiger partial charge in [0.15, 0.2) is 0 Å². The van der Waals surface area contributed by atoms with E-state index < -0.39 is 0 Å². The van der Waals surface area contributed by atoms with Gasteiger partial charge in [0.05, 0.1) is 6.10 Å². The third kappa shape index (κ3) is 4.40. The maximum Gasteiger partial charge on any atom is 0.0674 e. The summed E-state index contributed by atoms with van der Waals surface area (Å²) >= 11 is 0. The van der Waals surface area contributed by atoms with E-state index >= 15 is 0 Å². The van der Waals surface area contributed by atoms with Crippen LogP contribution in [0.5, 0.6) is 0 Å². The van der Waals surface area contributed by atoms with Crippen LogP contribution in [0.4, 0.5) is 0 Å². The molecule has 1 N–H and O–H groups in total. The maximum atomic E-state index is 5.69. The molecule has 0 radical (unpaired) electrons. The number of rotatable bonds is 5. The minimum Gasteiger partial charge on any atom is -0.377 e. The second-order valence-electron chi connectivity index (χ2n) is 5.06. The molecule has 0 bridgehead atoms. The fourth-order valence-corrected chi connectivity index (χ4v) is 2.30. The summed E-state index contributed by atoms with van der Waals surface area (Å²) in [6, 6.07) is 0.642. The highest BCUT2D eigenvalue weighted by Crippen LogP contribution is 2.14. The van der Waals surface area contributed by atoms with Crippen LogP contribution in [0.25, 0.3) is 0 Å². The molecule has 3 nitrogen and oxygen atoms in total. The van der Waals surface area contributed by atoms with Crippen LogP contribution < -0.4 is 5.32 Å². The molecule has 0 saturated carbocycles. The Balaban J connectivity index is 2.40. The molecule has 1 heterocycles. The first-order chi connectivity index (χ1) is 7.65. The smallest absolute Gasteiger partial charge is 0.0674 e. The molecule has 3 atom stereocenters. The van der Waals surface area contributed by atoms with Crippen molar-refractivity contribution in [1.29, 1.82) is 0 Å². The SMILES string of the molecule is CCNCC(C)C(C)N1CCCOC(C)C1. The standard InChI is InChI=1S/C13H28N2O/c1-5-14-9-11(2)13(4)15-7-6-8-16-12(3)10-15/h11-14H,5-10H2,1-4H3. The summed E-state index contributed by atoms with van der Waals surface area (Å²) in [6.07, 6.45) is 1.55. The molecule has 16 heavy (non-hydrogen) atoms. The third-order valence-electron chi connectivity index (χ3n) is 3.60. The van der Waals surface area contributed by atoms with E-state index in [1.165, 1.54) is 13.0 Å². The van der Waals surface area contributed by atoms with E-state index in [9.17, 15) is 0 Å². The van der Waals surface area contributed by atoms with Crippen LogP contribution in [0.3, 0.4) is 0 Å². The van der Waals surface area contributed by atoms with Crippen molar-refractivity contribution in [3.8, 4) is 0 Å². The van der Waals surface area contributed by atoms with Gasteiger partial charge in [-0.25, -0.2) is 0 Å². The van der Waals surface area contributed by atoms with E-state index in [-0.39, 0.29) is 0 Å². The van der Waals surface area contributed by atoms with Crippen LogP contribution >= 0.6 is 0 Å². The number of hydrogen-bond acceptors (Lipinski definition) is 3. The molecule has 96 valence electrons.